The third-order valence-corrected chi connectivity index (χ3v) is 2.89. The van der Waals surface area contributed by atoms with Gasteiger partial charge in [0.05, 0.1) is 16.4 Å². The van der Waals surface area contributed by atoms with Gasteiger partial charge in [-0.15, -0.1) is 0 Å². The molecule has 0 saturated heterocycles. The van der Waals surface area contributed by atoms with E-state index in [-0.39, 0.29) is 5.82 Å². The second kappa shape index (κ2) is 3.82. The molecule has 2 nitrogen and oxygen atoms in total. The van der Waals surface area contributed by atoms with Crippen LogP contribution in [0.1, 0.15) is 0 Å². The summed E-state index contributed by atoms with van der Waals surface area (Å²) in [5.41, 5.74) is 1.15. The number of rotatable bonds is 1. The Kier molecular flexibility index (Phi) is 2.69. The number of benzene rings is 1. The van der Waals surface area contributed by atoms with Crippen LogP contribution >= 0.6 is 31.9 Å². The van der Waals surface area contributed by atoms with Gasteiger partial charge in [-0.05, 0) is 34.1 Å². The number of hydrogen-bond donors (Lipinski definition) is 1. The van der Waals surface area contributed by atoms with E-state index in [9.17, 15) is 4.39 Å². The van der Waals surface area contributed by atoms with Crippen LogP contribution in [0.4, 0.5) is 4.39 Å². The van der Waals surface area contributed by atoms with Crippen LogP contribution in [0.3, 0.4) is 0 Å². The Bertz CT molecular complexity index is 468. The van der Waals surface area contributed by atoms with Crippen molar-refractivity contribution in [2.24, 2.45) is 0 Å². The van der Waals surface area contributed by atoms with Crippen LogP contribution in [0.15, 0.2) is 33.3 Å². The molecule has 5 heteroatoms. The second-order valence-electron chi connectivity index (χ2n) is 2.72. The van der Waals surface area contributed by atoms with E-state index < -0.39 is 0 Å². The number of nitrogens with one attached hydrogen (secondary N) is 1. The molecule has 0 aliphatic carbocycles. The van der Waals surface area contributed by atoms with Crippen molar-refractivity contribution in [2.75, 3.05) is 0 Å². The summed E-state index contributed by atoms with van der Waals surface area (Å²) in [5.74, 6) is -0.288. The van der Waals surface area contributed by atoms with Crippen LogP contribution in [-0.4, -0.2) is 10.2 Å². The van der Waals surface area contributed by atoms with Gasteiger partial charge in [-0.3, -0.25) is 5.10 Å². The van der Waals surface area contributed by atoms with E-state index in [2.05, 4.69) is 42.1 Å². The molecule has 0 bridgehead atoms. The zero-order valence-corrected chi connectivity index (χ0v) is 10.1. The first-order valence-corrected chi connectivity index (χ1v) is 5.41. The molecule has 14 heavy (non-hydrogen) atoms. The average molecular weight is 320 g/mol. The molecule has 0 spiro atoms. The van der Waals surface area contributed by atoms with Gasteiger partial charge in [-0.1, -0.05) is 15.9 Å². The van der Waals surface area contributed by atoms with Gasteiger partial charge >= 0.3 is 0 Å². The molecule has 2 rings (SSSR count). The third kappa shape index (κ3) is 1.74. The molecule has 0 amide bonds. The quantitative estimate of drug-likeness (QED) is 0.852. The minimum atomic E-state index is -0.288. The average Bonchev–Trinajstić information content (AvgIpc) is 2.52. The van der Waals surface area contributed by atoms with Crippen molar-refractivity contribution in [3.63, 3.8) is 0 Å². The molecule has 0 fully saturated rings. The molecule has 0 unspecified atom stereocenters. The molecule has 2 aromatic rings. The summed E-state index contributed by atoms with van der Waals surface area (Å²) in [7, 11) is 0. The monoisotopic (exact) mass is 318 g/mol. The first kappa shape index (κ1) is 9.86. The largest absolute Gasteiger partial charge is 0.277 e. The fourth-order valence-corrected chi connectivity index (χ4v) is 1.89. The Hall–Kier alpha value is -0.680. The van der Waals surface area contributed by atoms with Gasteiger partial charge in [-0.25, -0.2) is 4.39 Å². The minimum Gasteiger partial charge on any atom is -0.277 e. The zero-order valence-electron chi connectivity index (χ0n) is 6.89. The summed E-state index contributed by atoms with van der Waals surface area (Å²) in [6.45, 7) is 0. The number of nitrogens with zero attached hydrogens (tertiary/aromatic N) is 1. The number of aromatic amines is 1. The lowest BCUT2D eigenvalue weighted by Gasteiger charge is -2.01. The minimum absolute atomic E-state index is 0.288. The number of H-pyrrole nitrogens is 1. The summed E-state index contributed by atoms with van der Waals surface area (Å²) in [5, 5.41) is 6.54. The Morgan fingerprint density at radius 1 is 1.29 bits per heavy atom. The van der Waals surface area contributed by atoms with Crippen LogP contribution in [0.5, 0.6) is 0 Å². The molecular formula is C9H5Br2FN2. The predicted octanol–water partition coefficient (Wildman–Crippen LogP) is 3.74. The van der Waals surface area contributed by atoms with Crippen molar-refractivity contribution in [2.45, 2.75) is 0 Å². The highest BCUT2D eigenvalue weighted by Crippen LogP contribution is 2.29. The molecule has 0 atom stereocenters. The van der Waals surface area contributed by atoms with Gasteiger partial charge < -0.3 is 0 Å². The van der Waals surface area contributed by atoms with Gasteiger partial charge in [0.1, 0.15) is 5.82 Å². The highest BCUT2D eigenvalue weighted by Gasteiger charge is 2.10. The lowest BCUT2D eigenvalue weighted by molar-refractivity contribution is 0.629. The number of halogens is 3. The van der Waals surface area contributed by atoms with Crippen LogP contribution in [0, 0.1) is 5.82 Å². The molecule has 1 heterocycles. The standard InChI is InChI=1S/C9H5Br2FN2/c10-5-1-2-6(8(12)3-5)9-7(11)4-13-14-9/h1-4H,(H,13,14). The van der Waals surface area contributed by atoms with Gasteiger partial charge in [0.2, 0.25) is 0 Å². The van der Waals surface area contributed by atoms with E-state index in [1.807, 2.05) is 0 Å². The number of hydrogen-bond acceptors (Lipinski definition) is 1. The molecular weight excluding hydrogens is 315 g/mol. The normalized spacial score (nSPS) is 10.5. The molecule has 0 radical (unpaired) electrons. The fourth-order valence-electron chi connectivity index (χ4n) is 1.15. The molecule has 0 aliphatic heterocycles. The van der Waals surface area contributed by atoms with E-state index in [1.165, 1.54) is 6.07 Å². The Balaban J connectivity index is 2.58. The Labute approximate surface area is 96.8 Å². The van der Waals surface area contributed by atoms with Crippen LogP contribution in [0.25, 0.3) is 11.3 Å². The molecule has 1 aromatic heterocycles. The third-order valence-electron chi connectivity index (χ3n) is 1.79. The topological polar surface area (TPSA) is 28.7 Å². The lowest BCUT2D eigenvalue weighted by atomic mass is 10.1. The predicted molar refractivity (Wildman–Crippen MR) is 59.4 cm³/mol. The summed E-state index contributed by atoms with van der Waals surface area (Å²) in [4.78, 5) is 0. The Morgan fingerprint density at radius 2 is 2.07 bits per heavy atom. The van der Waals surface area contributed by atoms with E-state index >= 15 is 0 Å². The first-order chi connectivity index (χ1) is 6.68. The molecule has 0 aliphatic rings. The van der Waals surface area contributed by atoms with Gasteiger partial charge in [0.15, 0.2) is 0 Å². The van der Waals surface area contributed by atoms with Crippen molar-refractivity contribution in [1.29, 1.82) is 0 Å². The maximum Gasteiger partial charge on any atom is 0.133 e. The smallest absolute Gasteiger partial charge is 0.133 e. The Morgan fingerprint density at radius 3 is 2.64 bits per heavy atom. The summed E-state index contributed by atoms with van der Waals surface area (Å²) in [6, 6.07) is 4.89. The highest BCUT2D eigenvalue weighted by atomic mass is 79.9. The maximum atomic E-state index is 13.5. The van der Waals surface area contributed by atoms with Crippen molar-refractivity contribution in [3.8, 4) is 11.3 Å². The molecule has 72 valence electrons. The SMILES string of the molecule is Fc1cc(Br)ccc1-c1[nH]ncc1Br. The van der Waals surface area contributed by atoms with Crippen molar-refractivity contribution < 1.29 is 4.39 Å². The van der Waals surface area contributed by atoms with Crippen LogP contribution in [-0.2, 0) is 0 Å². The van der Waals surface area contributed by atoms with E-state index in [4.69, 9.17) is 0 Å². The van der Waals surface area contributed by atoms with Gasteiger partial charge in [0, 0.05) is 10.0 Å². The summed E-state index contributed by atoms with van der Waals surface area (Å²) >= 11 is 6.48. The summed E-state index contributed by atoms with van der Waals surface area (Å²) < 4.78 is 15.0. The summed E-state index contributed by atoms with van der Waals surface area (Å²) in [6.07, 6.45) is 1.59. The fraction of sp³-hybridized carbons (Fsp3) is 0. The molecule has 1 N–H and O–H groups in total. The van der Waals surface area contributed by atoms with Crippen LogP contribution < -0.4 is 0 Å². The second-order valence-corrected chi connectivity index (χ2v) is 4.49. The first-order valence-electron chi connectivity index (χ1n) is 3.83. The highest BCUT2D eigenvalue weighted by molar-refractivity contribution is 9.10. The van der Waals surface area contributed by atoms with Crippen molar-refractivity contribution in [3.05, 3.63) is 39.2 Å². The zero-order chi connectivity index (χ0) is 10.1. The molecule has 0 saturated carbocycles. The van der Waals surface area contributed by atoms with Crippen molar-refractivity contribution >= 4 is 31.9 Å². The maximum absolute atomic E-state index is 13.5. The van der Waals surface area contributed by atoms with E-state index in [1.54, 1.807) is 18.3 Å². The van der Waals surface area contributed by atoms with E-state index in [0.29, 0.717) is 11.3 Å². The van der Waals surface area contributed by atoms with E-state index in [0.717, 1.165) is 8.95 Å². The molecule has 1 aromatic carbocycles. The van der Waals surface area contributed by atoms with Crippen LogP contribution in [0.2, 0.25) is 0 Å². The van der Waals surface area contributed by atoms with Gasteiger partial charge in [0.25, 0.3) is 0 Å². The lowest BCUT2D eigenvalue weighted by Crippen LogP contribution is -1.85. The van der Waals surface area contributed by atoms with Crippen molar-refractivity contribution in [1.82, 2.24) is 10.2 Å². The van der Waals surface area contributed by atoms with Gasteiger partial charge in [-0.2, -0.15) is 5.10 Å². The number of aromatic nitrogens is 2.